The number of hydrogen-bond donors (Lipinski definition) is 0. The van der Waals surface area contributed by atoms with Crippen molar-refractivity contribution in [2.24, 2.45) is 5.41 Å². The van der Waals surface area contributed by atoms with Crippen molar-refractivity contribution in [3.63, 3.8) is 0 Å². The summed E-state index contributed by atoms with van der Waals surface area (Å²) in [6.07, 6.45) is 4.28. The van der Waals surface area contributed by atoms with Gasteiger partial charge >= 0.3 is 0 Å². The highest BCUT2D eigenvalue weighted by molar-refractivity contribution is 5.61. The first kappa shape index (κ1) is 10.1. The van der Waals surface area contributed by atoms with Gasteiger partial charge in [-0.15, -0.1) is 0 Å². The maximum atomic E-state index is 5.75. The Labute approximate surface area is 90.5 Å². The van der Waals surface area contributed by atoms with Crippen molar-refractivity contribution in [2.45, 2.75) is 13.8 Å². The molecule has 0 bridgehead atoms. The van der Waals surface area contributed by atoms with Crippen LogP contribution in [0.3, 0.4) is 0 Å². The van der Waals surface area contributed by atoms with Crippen molar-refractivity contribution in [1.82, 2.24) is 0 Å². The third-order valence-corrected chi connectivity index (χ3v) is 2.53. The average molecular weight is 204 g/mol. The quantitative estimate of drug-likeness (QED) is 0.699. The van der Waals surface area contributed by atoms with E-state index in [0.29, 0.717) is 6.61 Å². The van der Waals surface area contributed by atoms with Gasteiger partial charge in [0.05, 0.1) is 13.7 Å². The lowest BCUT2D eigenvalue weighted by Gasteiger charge is -2.18. The van der Waals surface area contributed by atoms with Crippen molar-refractivity contribution < 1.29 is 9.47 Å². The third-order valence-electron chi connectivity index (χ3n) is 2.53. The van der Waals surface area contributed by atoms with Crippen LogP contribution in [0, 0.1) is 5.41 Å². The molecular weight excluding hydrogens is 188 g/mol. The first-order chi connectivity index (χ1) is 7.11. The highest BCUT2D eigenvalue weighted by Crippen LogP contribution is 2.31. The highest BCUT2D eigenvalue weighted by atomic mass is 16.5. The molecule has 1 aromatic rings. The molecule has 2 rings (SSSR count). The van der Waals surface area contributed by atoms with E-state index in [1.54, 1.807) is 7.11 Å². The zero-order valence-electron chi connectivity index (χ0n) is 9.41. The lowest BCUT2D eigenvalue weighted by Crippen LogP contribution is -2.17. The topological polar surface area (TPSA) is 18.5 Å². The molecule has 1 aromatic carbocycles. The van der Waals surface area contributed by atoms with Gasteiger partial charge in [-0.05, 0) is 18.2 Å². The van der Waals surface area contributed by atoms with Gasteiger partial charge in [0.25, 0.3) is 0 Å². The molecule has 2 heteroatoms. The van der Waals surface area contributed by atoms with Crippen LogP contribution in [0.5, 0.6) is 11.5 Å². The molecule has 2 nitrogen and oxygen atoms in total. The summed E-state index contributed by atoms with van der Waals surface area (Å²) < 4.78 is 10.9. The third kappa shape index (κ3) is 2.14. The molecule has 1 aliphatic heterocycles. The molecule has 15 heavy (non-hydrogen) atoms. The van der Waals surface area contributed by atoms with Crippen LogP contribution < -0.4 is 9.47 Å². The summed E-state index contributed by atoms with van der Waals surface area (Å²) in [4.78, 5) is 0. The zero-order chi connectivity index (χ0) is 10.9. The van der Waals surface area contributed by atoms with Gasteiger partial charge in [0.15, 0.2) is 0 Å². The first-order valence-corrected chi connectivity index (χ1v) is 5.11. The molecule has 80 valence electrons. The normalized spacial score (nSPS) is 17.5. The van der Waals surface area contributed by atoms with Gasteiger partial charge in [0.2, 0.25) is 0 Å². The Hall–Kier alpha value is -1.44. The lowest BCUT2D eigenvalue weighted by molar-refractivity contribution is 0.224. The maximum Gasteiger partial charge on any atom is 0.126 e. The van der Waals surface area contributed by atoms with E-state index in [4.69, 9.17) is 9.47 Å². The summed E-state index contributed by atoms with van der Waals surface area (Å²) >= 11 is 0. The van der Waals surface area contributed by atoms with Crippen LogP contribution in [-0.4, -0.2) is 13.7 Å². The van der Waals surface area contributed by atoms with Crippen molar-refractivity contribution in [3.05, 3.63) is 29.8 Å². The lowest BCUT2D eigenvalue weighted by atomic mass is 9.94. The molecular formula is C13H16O2. The van der Waals surface area contributed by atoms with E-state index in [2.05, 4.69) is 26.0 Å². The molecule has 0 radical (unpaired) electrons. The summed E-state index contributed by atoms with van der Waals surface area (Å²) in [5, 5.41) is 0. The second kappa shape index (κ2) is 3.61. The molecule has 0 fully saturated rings. The Balaban J connectivity index is 2.39. The van der Waals surface area contributed by atoms with Gasteiger partial charge in [-0.1, -0.05) is 26.0 Å². The molecule has 0 N–H and O–H groups in total. The smallest absolute Gasteiger partial charge is 0.126 e. The Morgan fingerprint density at radius 2 is 2.13 bits per heavy atom. The fourth-order valence-corrected chi connectivity index (χ4v) is 1.54. The molecule has 0 aromatic heterocycles. The van der Waals surface area contributed by atoms with Crippen LogP contribution in [0.1, 0.15) is 19.4 Å². The molecule has 0 atom stereocenters. The van der Waals surface area contributed by atoms with E-state index in [0.717, 1.165) is 17.1 Å². The van der Waals surface area contributed by atoms with E-state index in [9.17, 15) is 0 Å². The largest absolute Gasteiger partial charge is 0.497 e. The minimum Gasteiger partial charge on any atom is -0.497 e. The number of methoxy groups -OCH3 is 1. The van der Waals surface area contributed by atoms with E-state index in [-0.39, 0.29) is 5.41 Å². The highest BCUT2D eigenvalue weighted by Gasteiger charge is 2.19. The van der Waals surface area contributed by atoms with Crippen LogP contribution in [-0.2, 0) is 0 Å². The van der Waals surface area contributed by atoms with Gasteiger partial charge in [-0.3, -0.25) is 0 Å². The minimum absolute atomic E-state index is 0.0895. The fourth-order valence-electron chi connectivity index (χ4n) is 1.54. The molecule has 0 amide bonds. The molecule has 1 heterocycles. The standard InChI is InChI=1S/C13H16O2/c1-13(2)7-6-10-8-11(14-3)4-5-12(10)15-9-13/h4-8H,9H2,1-3H3. The van der Waals surface area contributed by atoms with E-state index < -0.39 is 0 Å². The van der Waals surface area contributed by atoms with E-state index >= 15 is 0 Å². The van der Waals surface area contributed by atoms with Crippen LogP contribution in [0.4, 0.5) is 0 Å². The number of hydrogen-bond acceptors (Lipinski definition) is 2. The van der Waals surface area contributed by atoms with Crippen LogP contribution in [0.2, 0.25) is 0 Å². The van der Waals surface area contributed by atoms with Crippen molar-refractivity contribution in [3.8, 4) is 11.5 Å². The van der Waals surface area contributed by atoms with Gasteiger partial charge in [0.1, 0.15) is 11.5 Å². The van der Waals surface area contributed by atoms with Crippen LogP contribution in [0.25, 0.3) is 6.08 Å². The summed E-state index contributed by atoms with van der Waals surface area (Å²) in [6.45, 7) is 5.03. The summed E-state index contributed by atoms with van der Waals surface area (Å²) in [5.41, 5.74) is 1.17. The van der Waals surface area contributed by atoms with Crippen molar-refractivity contribution in [2.75, 3.05) is 13.7 Å². The van der Waals surface area contributed by atoms with Gasteiger partial charge in [-0.25, -0.2) is 0 Å². The Morgan fingerprint density at radius 1 is 1.33 bits per heavy atom. The SMILES string of the molecule is COc1ccc2c(c1)C=CC(C)(C)CO2. The molecule has 1 aliphatic rings. The van der Waals surface area contributed by atoms with Crippen LogP contribution in [0.15, 0.2) is 24.3 Å². The molecule has 0 spiro atoms. The van der Waals surface area contributed by atoms with Gasteiger partial charge in [0, 0.05) is 11.0 Å². The average Bonchev–Trinajstić information content (AvgIpc) is 2.38. The second-order valence-electron chi connectivity index (χ2n) is 4.51. The monoisotopic (exact) mass is 204 g/mol. The Morgan fingerprint density at radius 3 is 2.87 bits per heavy atom. The number of fused-ring (bicyclic) bond motifs is 1. The summed E-state index contributed by atoms with van der Waals surface area (Å²) in [6, 6.07) is 5.87. The van der Waals surface area contributed by atoms with E-state index in [1.807, 2.05) is 18.2 Å². The Bertz CT molecular complexity index is 392. The maximum absolute atomic E-state index is 5.75. The summed E-state index contributed by atoms with van der Waals surface area (Å²) in [7, 11) is 1.67. The molecule has 0 aliphatic carbocycles. The van der Waals surface area contributed by atoms with Crippen molar-refractivity contribution in [1.29, 1.82) is 0 Å². The van der Waals surface area contributed by atoms with Gasteiger partial charge < -0.3 is 9.47 Å². The van der Waals surface area contributed by atoms with E-state index in [1.165, 1.54) is 0 Å². The summed E-state index contributed by atoms with van der Waals surface area (Å²) in [5.74, 6) is 1.79. The van der Waals surface area contributed by atoms with Crippen molar-refractivity contribution >= 4 is 6.08 Å². The first-order valence-electron chi connectivity index (χ1n) is 5.11. The predicted molar refractivity (Wildman–Crippen MR) is 61.3 cm³/mol. The zero-order valence-corrected chi connectivity index (χ0v) is 9.41. The minimum atomic E-state index is 0.0895. The molecule has 0 unspecified atom stereocenters. The second-order valence-corrected chi connectivity index (χ2v) is 4.51. The molecule has 0 saturated carbocycles. The molecule has 0 saturated heterocycles. The Kier molecular flexibility index (Phi) is 2.43. The van der Waals surface area contributed by atoms with Gasteiger partial charge in [-0.2, -0.15) is 0 Å². The predicted octanol–water partition coefficient (Wildman–Crippen LogP) is 3.13. The fraction of sp³-hybridized carbons (Fsp3) is 0.385. The number of ether oxygens (including phenoxy) is 2. The number of rotatable bonds is 1. The van der Waals surface area contributed by atoms with Crippen LogP contribution >= 0.6 is 0 Å². The number of benzene rings is 1.